The number of benzene rings is 1. The molecule has 0 saturated heterocycles. The van der Waals surface area contributed by atoms with Crippen LogP contribution in [0.3, 0.4) is 0 Å². The van der Waals surface area contributed by atoms with Crippen LogP contribution in [0.2, 0.25) is 0 Å². The fourth-order valence-electron chi connectivity index (χ4n) is 3.98. The van der Waals surface area contributed by atoms with Gasteiger partial charge < -0.3 is 4.55 Å². The fraction of sp³-hybridized carbons (Fsp3) is 0.632. The number of rotatable bonds is 10. The van der Waals surface area contributed by atoms with E-state index in [-0.39, 0.29) is 12.8 Å². The molecule has 1 aliphatic heterocycles. The molecule has 1 aromatic rings. The molecule has 0 aliphatic carbocycles. The summed E-state index contributed by atoms with van der Waals surface area (Å²) in [6.07, 6.45) is -3.15. The zero-order chi connectivity index (χ0) is 23.7. The molecule has 0 bridgehead atoms. The first-order valence-electron chi connectivity index (χ1n) is 9.77. The standard InChI is InChI=1S/C19H26F3NO6S2/c1-14-18(2,9-3-5-11-30(24,25)26)16-13-15(19(20,21)22)7-8-17(16)23(14)10-4-6-12-31(27,28)29/h7-8,13H,3-6,9-12H2,1-2H3,(H-,24,25,26,27,28,29). The number of halogens is 3. The van der Waals surface area contributed by atoms with Crippen molar-refractivity contribution < 1.29 is 43.7 Å². The van der Waals surface area contributed by atoms with Crippen molar-refractivity contribution in [3.05, 3.63) is 29.3 Å². The Kier molecular flexibility index (Phi) is 7.61. The van der Waals surface area contributed by atoms with E-state index in [9.17, 15) is 34.6 Å². The van der Waals surface area contributed by atoms with Gasteiger partial charge in [-0.2, -0.15) is 26.2 Å². The lowest BCUT2D eigenvalue weighted by Crippen LogP contribution is -2.31. The van der Waals surface area contributed by atoms with Gasteiger partial charge in [0.2, 0.25) is 5.69 Å². The lowest BCUT2D eigenvalue weighted by Gasteiger charge is -2.23. The first-order chi connectivity index (χ1) is 14.0. The average Bonchev–Trinajstić information content (AvgIpc) is 2.81. The van der Waals surface area contributed by atoms with Crippen LogP contribution in [-0.2, 0) is 31.8 Å². The minimum atomic E-state index is -4.52. The number of unbranched alkanes of at least 4 members (excludes halogenated alkanes) is 2. The van der Waals surface area contributed by atoms with Crippen molar-refractivity contribution in [3.63, 3.8) is 0 Å². The highest BCUT2D eigenvalue weighted by atomic mass is 32.2. The van der Waals surface area contributed by atoms with Crippen molar-refractivity contribution >= 4 is 31.6 Å². The highest BCUT2D eigenvalue weighted by molar-refractivity contribution is 7.85. The summed E-state index contributed by atoms with van der Waals surface area (Å²) in [4.78, 5) is 0. The zero-order valence-electron chi connectivity index (χ0n) is 17.3. The third-order valence-corrected chi connectivity index (χ3v) is 7.36. The summed E-state index contributed by atoms with van der Waals surface area (Å²) in [5.41, 5.74) is 0.210. The molecule has 12 heteroatoms. The van der Waals surface area contributed by atoms with Gasteiger partial charge in [-0.15, -0.1) is 0 Å². The highest BCUT2D eigenvalue weighted by Gasteiger charge is 2.47. The molecule has 1 unspecified atom stereocenters. The molecule has 1 heterocycles. The van der Waals surface area contributed by atoms with Gasteiger partial charge in [-0.25, -0.2) is 8.42 Å². The lowest BCUT2D eigenvalue weighted by atomic mass is 9.75. The molecular weight excluding hydrogens is 459 g/mol. The van der Waals surface area contributed by atoms with E-state index in [1.807, 2.05) is 4.58 Å². The average molecular weight is 486 g/mol. The Labute approximate surface area is 180 Å². The molecule has 2 rings (SSSR count). The minimum Gasteiger partial charge on any atom is -0.748 e. The molecule has 31 heavy (non-hydrogen) atoms. The first-order valence-corrected chi connectivity index (χ1v) is 13.0. The van der Waals surface area contributed by atoms with Crippen LogP contribution in [0.4, 0.5) is 18.9 Å². The van der Waals surface area contributed by atoms with E-state index in [0.717, 1.165) is 17.8 Å². The second-order valence-electron chi connectivity index (χ2n) is 8.01. The van der Waals surface area contributed by atoms with Crippen molar-refractivity contribution in [3.8, 4) is 0 Å². The van der Waals surface area contributed by atoms with Crippen LogP contribution >= 0.6 is 0 Å². The predicted octanol–water partition coefficient (Wildman–Crippen LogP) is 3.47. The van der Waals surface area contributed by atoms with Gasteiger partial charge in [0, 0.05) is 30.7 Å². The Morgan fingerprint density at radius 1 is 1.06 bits per heavy atom. The van der Waals surface area contributed by atoms with E-state index < -0.39 is 48.9 Å². The fourth-order valence-corrected chi connectivity index (χ4v) is 5.11. The van der Waals surface area contributed by atoms with Gasteiger partial charge in [-0.1, -0.05) is 6.42 Å². The van der Waals surface area contributed by atoms with Gasteiger partial charge in [0.05, 0.1) is 26.8 Å². The SMILES string of the molecule is CC1=[N+](CCCCS(=O)(=O)O)c2ccc(C(F)(F)F)cc2C1(C)CCCCS(=O)(=O)[O-]. The van der Waals surface area contributed by atoms with E-state index in [4.69, 9.17) is 4.55 Å². The monoisotopic (exact) mass is 485 g/mol. The molecule has 7 nitrogen and oxygen atoms in total. The van der Waals surface area contributed by atoms with Crippen molar-refractivity contribution in [2.45, 2.75) is 57.5 Å². The molecule has 1 N–H and O–H groups in total. The molecule has 0 radical (unpaired) electrons. The van der Waals surface area contributed by atoms with Crippen LogP contribution in [0, 0.1) is 0 Å². The summed E-state index contributed by atoms with van der Waals surface area (Å²) >= 11 is 0. The first kappa shape index (κ1) is 25.8. The number of alkyl halides is 3. The van der Waals surface area contributed by atoms with E-state index in [0.29, 0.717) is 37.1 Å². The van der Waals surface area contributed by atoms with E-state index in [1.54, 1.807) is 13.8 Å². The zero-order valence-corrected chi connectivity index (χ0v) is 18.9. The Hall–Kier alpha value is -1.50. The van der Waals surface area contributed by atoms with Gasteiger partial charge in [0.25, 0.3) is 10.1 Å². The minimum absolute atomic E-state index is 0.108. The highest BCUT2D eigenvalue weighted by Crippen LogP contribution is 2.45. The van der Waals surface area contributed by atoms with Crippen molar-refractivity contribution in [2.75, 3.05) is 18.1 Å². The molecule has 1 aromatic carbocycles. The summed E-state index contributed by atoms with van der Waals surface area (Å²) in [6.45, 7) is 3.91. The topological polar surface area (TPSA) is 115 Å². The van der Waals surface area contributed by atoms with Crippen LogP contribution in [0.5, 0.6) is 0 Å². The Morgan fingerprint density at radius 3 is 2.23 bits per heavy atom. The quantitative estimate of drug-likeness (QED) is 0.308. The summed E-state index contributed by atoms with van der Waals surface area (Å²) in [5.74, 6) is -0.933. The van der Waals surface area contributed by atoms with Crippen molar-refractivity contribution in [1.29, 1.82) is 0 Å². The summed E-state index contributed by atoms with van der Waals surface area (Å²) in [5, 5.41) is 0. The second kappa shape index (κ2) is 9.16. The maximum atomic E-state index is 13.3. The van der Waals surface area contributed by atoms with Crippen molar-refractivity contribution in [2.24, 2.45) is 0 Å². The Morgan fingerprint density at radius 2 is 1.68 bits per heavy atom. The van der Waals surface area contributed by atoms with E-state index in [1.165, 1.54) is 6.07 Å². The predicted molar refractivity (Wildman–Crippen MR) is 108 cm³/mol. The number of fused-ring (bicyclic) bond motifs is 1. The lowest BCUT2D eigenvalue weighted by molar-refractivity contribution is -0.439. The van der Waals surface area contributed by atoms with Gasteiger partial charge in [0.1, 0.15) is 6.54 Å². The van der Waals surface area contributed by atoms with Crippen LogP contribution in [0.15, 0.2) is 18.2 Å². The largest absolute Gasteiger partial charge is 0.748 e. The molecule has 1 atom stereocenters. The molecule has 0 spiro atoms. The third kappa shape index (κ3) is 6.74. The van der Waals surface area contributed by atoms with Crippen LogP contribution in [0.25, 0.3) is 0 Å². The van der Waals surface area contributed by atoms with E-state index in [2.05, 4.69) is 0 Å². The molecule has 176 valence electrons. The maximum absolute atomic E-state index is 13.3. The van der Waals surface area contributed by atoms with E-state index >= 15 is 0 Å². The molecular formula is C19H26F3NO6S2. The molecule has 0 amide bonds. The summed E-state index contributed by atoms with van der Waals surface area (Å²) < 4.78 is 105. The van der Waals surface area contributed by atoms with Gasteiger partial charge >= 0.3 is 6.18 Å². The summed E-state index contributed by atoms with van der Waals surface area (Å²) in [6, 6.07) is 3.48. The molecule has 0 fully saturated rings. The number of hydrogen-bond acceptors (Lipinski definition) is 5. The summed E-state index contributed by atoms with van der Waals surface area (Å²) in [7, 11) is -8.45. The smallest absolute Gasteiger partial charge is 0.416 e. The number of hydrogen-bond donors (Lipinski definition) is 1. The van der Waals surface area contributed by atoms with Crippen LogP contribution < -0.4 is 0 Å². The van der Waals surface area contributed by atoms with Gasteiger partial charge in [-0.3, -0.25) is 4.55 Å². The second-order valence-corrected chi connectivity index (χ2v) is 11.1. The van der Waals surface area contributed by atoms with Gasteiger partial charge in [0.15, 0.2) is 5.71 Å². The van der Waals surface area contributed by atoms with Crippen molar-refractivity contribution in [1.82, 2.24) is 0 Å². The van der Waals surface area contributed by atoms with Crippen LogP contribution in [0.1, 0.15) is 57.1 Å². The molecule has 0 aromatic heterocycles. The van der Waals surface area contributed by atoms with Gasteiger partial charge in [-0.05, 0) is 38.3 Å². The maximum Gasteiger partial charge on any atom is 0.416 e. The number of nitrogens with zero attached hydrogens (tertiary/aromatic N) is 1. The normalized spacial score (nSPS) is 19.7. The third-order valence-electron chi connectivity index (χ3n) is 5.77. The molecule has 0 saturated carbocycles. The van der Waals surface area contributed by atoms with Crippen LogP contribution in [-0.4, -0.2) is 54.3 Å². The Bertz CT molecular complexity index is 1060. The Balaban J connectivity index is 2.32. The molecule has 1 aliphatic rings.